The van der Waals surface area contributed by atoms with E-state index in [-0.39, 0.29) is 10.7 Å². The first-order valence-corrected chi connectivity index (χ1v) is 7.94. The average molecular weight is 354 g/mol. The Morgan fingerprint density at radius 2 is 1.92 bits per heavy atom. The Bertz CT molecular complexity index is 957. The first-order valence-electron chi connectivity index (χ1n) is 7.56. The fourth-order valence-corrected chi connectivity index (χ4v) is 2.78. The van der Waals surface area contributed by atoms with E-state index in [2.05, 4.69) is 21.1 Å². The summed E-state index contributed by atoms with van der Waals surface area (Å²) < 4.78 is 1.44. The van der Waals surface area contributed by atoms with Gasteiger partial charge in [-0.15, -0.1) is 5.10 Å². The van der Waals surface area contributed by atoms with Gasteiger partial charge in [-0.1, -0.05) is 28.8 Å². The zero-order valence-corrected chi connectivity index (χ0v) is 14.5. The number of aryl methyl sites for hydroxylation is 2. The molecule has 2 heterocycles. The third kappa shape index (κ3) is 3.75. The molecule has 0 spiro atoms. The maximum Gasteiger partial charge on any atom is 0.250 e. The second kappa shape index (κ2) is 6.86. The van der Waals surface area contributed by atoms with E-state index in [9.17, 15) is 4.79 Å². The van der Waals surface area contributed by atoms with Crippen LogP contribution >= 0.6 is 11.6 Å². The summed E-state index contributed by atoms with van der Waals surface area (Å²) in [4.78, 5) is 20.1. The molecule has 1 aromatic carbocycles. The number of hydrogen-bond acceptors (Lipinski definition) is 4. The number of hydrogen-bond donors (Lipinski definition) is 1. The monoisotopic (exact) mass is 353 g/mol. The van der Waals surface area contributed by atoms with E-state index in [4.69, 9.17) is 17.3 Å². The van der Waals surface area contributed by atoms with Gasteiger partial charge in [0.15, 0.2) is 5.82 Å². The van der Waals surface area contributed by atoms with Gasteiger partial charge in [0.25, 0.3) is 5.91 Å². The summed E-state index contributed by atoms with van der Waals surface area (Å²) in [6, 6.07) is 9.44. The predicted octanol–water partition coefficient (Wildman–Crippen LogP) is 3.09. The van der Waals surface area contributed by atoms with Gasteiger partial charge >= 0.3 is 0 Å². The molecule has 0 bridgehead atoms. The standard InChI is InChI=1S/C18H16ClN5O/c1-11-6-12(2)8-13(7-11)18-22-10-24(23-18)9-15(17(20)25)14-4-3-5-21-16(14)19/h3-10H,1-2H3,(H2,20,25)/b15-9+. The Morgan fingerprint density at radius 3 is 2.56 bits per heavy atom. The minimum Gasteiger partial charge on any atom is -0.366 e. The van der Waals surface area contributed by atoms with Crippen molar-refractivity contribution in [1.82, 2.24) is 19.7 Å². The van der Waals surface area contributed by atoms with Crippen molar-refractivity contribution < 1.29 is 4.79 Å². The summed E-state index contributed by atoms with van der Waals surface area (Å²) in [5.41, 5.74) is 9.30. The van der Waals surface area contributed by atoms with Gasteiger partial charge in [0.1, 0.15) is 11.5 Å². The number of pyridine rings is 1. The van der Waals surface area contributed by atoms with Crippen LogP contribution in [0.2, 0.25) is 5.15 Å². The molecule has 2 aromatic heterocycles. The molecule has 0 saturated heterocycles. The third-order valence-electron chi connectivity index (χ3n) is 3.56. The van der Waals surface area contributed by atoms with Crippen molar-refractivity contribution in [2.24, 2.45) is 5.73 Å². The van der Waals surface area contributed by atoms with Crippen molar-refractivity contribution in [3.05, 3.63) is 64.7 Å². The maximum absolute atomic E-state index is 11.8. The number of carbonyl (C=O) groups excluding carboxylic acids is 1. The van der Waals surface area contributed by atoms with Crippen LogP contribution in [-0.2, 0) is 4.79 Å². The first kappa shape index (κ1) is 16.9. The SMILES string of the molecule is Cc1cc(C)cc(-c2ncn(/C=C(/C(N)=O)c3cccnc3Cl)n2)c1. The molecule has 0 aliphatic rings. The molecule has 0 unspecified atom stereocenters. The number of nitrogens with two attached hydrogens (primary N) is 1. The second-order valence-electron chi connectivity index (χ2n) is 5.67. The lowest BCUT2D eigenvalue weighted by molar-refractivity contribution is -0.112. The van der Waals surface area contributed by atoms with E-state index in [0.29, 0.717) is 11.4 Å². The third-order valence-corrected chi connectivity index (χ3v) is 3.87. The molecule has 0 aliphatic carbocycles. The number of carbonyl (C=O) groups is 1. The van der Waals surface area contributed by atoms with E-state index in [1.54, 1.807) is 12.1 Å². The highest BCUT2D eigenvalue weighted by Gasteiger charge is 2.14. The Labute approximate surface area is 150 Å². The number of halogens is 1. The molecule has 126 valence electrons. The van der Waals surface area contributed by atoms with Gasteiger partial charge in [0.05, 0.1) is 5.57 Å². The van der Waals surface area contributed by atoms with Crippen LogP contribution in [0.5, 0.6) is 0 Å². The summed E-state index contributed by atoms with van der Waals surface area (Å²) >= 11 is 6.06. The average Bonchev–Trinajstić information content (AvgIpc) is 3.01. The summed E-state index contributed by atoms with van der Waals surface area (Å²) in [7, 11) is 0. The minimum absolute atomic E-state index is 0.196. The molecule has 7 heteroatoms. The van der Waals surface area contributed by atoms with E-state index in [0.717, 1.165) is 16.7 Å². The fraction of sp³-hybridized carbons (Fsp3) is 0.111. The van der Waals surface area contributed by atoms with Crippen molar-refractivity contribution >= 4 is 29.3 Å². The summed E-state index contributed by atoms with van der Waals surface area (Å²) in [6.07, 6.45) is 4.54. The van der Waals surface area contributed by atoms with Crippen LogP contribution in [0.4, 0.5) is 0 Å². The van der Waals surface area contributed by atoms with Crippen LogP contribution < -0.4 is 5.73 Å². The first-order chi connectivity index (χ1) is 11.9. The van der Waals surface area contributed by atoms with Crippen LogP contribution in [0.3, 0.4) is 0 Å². The van der Waals surface area contributed by atoms with E-state index >= 15 is 0 Å². The quantitative estimate of drug-likeness (QED) is 0.576. The zero-order chi connectivity index (χ0) is 18.0. The lowest BCUT2D eigenvalue weighted by Crippen LogP contribution is -2.14. The Kier molecular flexibility index (Phi) is 4.63. The molecule has 0 aliphatic heterocycles. The Morgan fingerprint density at radius 1 is 1.20 bits per heavy atom. The lowest BCUT2D eigenvalue weighted by Gasteiger charge is -2.05. The summed E-state index contributed by atoms with van der Waals surface area (Å²) in [5.74, 6) is -0.0671. The largest absolute Gasteiger partial charge is 0.366 e. The van der Waals surface area contributed by atoms with Crippen LogP contribution in [0, 0.1) is 13.8 Å². The molecule has 3 rings (SSSR count). The van der Waals surface area contributed by atoms with Gasteiger partial charge in [-0.3, -0.25) is 4.79 Å². The van der Waals surface area contributed by atoms with Crippen LogP contribution in [0.15, 0.2) is 42.9 Å². The number of benzene rings is 1. The topological polar surface area (TPSA) is 86.7 Å². The normalized spacial score (nSPS) is 11.6. The highest BCUT2D eigenvalue weighted by atomic mass is 35.5. The number of amides is 1. The summed E-state index contributed by atoms with van der Waals surface area (Å²) in [5, 5.41) is 4.59. The van der Waals surface area contributed by atoms with Gasteiger partial charge in [0, 0.05) is 23.5 Å². The minimum atomic E-state index is -0.627. The van der Waals surface area contributed by atoms with Crippen molar-refractivity contribution in [2.75, 3.05) is 0 Å². The molecular formula is C18H16ClN5O. The molecule has 0 saturated carbocycles. The number of aromatic nitrogens is 4. The van der Waals surface area contributed by atoms with Crippen molar-refractivity contribution in [2.45, 2.75) is 13.8 Å². The molecule has 3 aromatic rings. The van der Waals surface area contributed by atoms with Gasteiger partial charge in [-0.05, 0) is 38.1 Å². The second-order valence-corrected chi connectivity index (χ2v) is 6.03. The molecular weight excluding hydrogens is 338 g/mol. The van der Waals surface area contributed by atoms with Crippen molar-refractivity contribution in [1.29, 1.82) is 0 Å². The highest BCUT2D eigenvalue weighted by molar-refractivity contribution is 6.34. The van der Waals surface area contributed by atoms with E-state index < -0.39 is 5.91 Å². The van der Waals surface area contributed by atoms with Gasteiger partial charge < -0.3 is 5.73 Å². The molecule has 1 amide bonds. The fourth-order valence-electron chi connectivity index (χ4n) is 2.56. The number of primary amides is 1. The molecule has 2 N–H and O–H groups in total. The van der Waals surface area contributed by atoms with Crippen LogP contribution in [-0.4, -0.2) is 25.7 Å². The maximum atomic E-state index is 11.8. The smallest absolute Gasteiger partial charge is 0.250 e. The molecule has 0 atom stereocenters. The number of rotatable bonds is 4. The van der Waals surface area contributed by atoms with Crippen molar-refractivity contribution in [3.63, 3.8) is 0 Å². The van der Waals surface area contributed by atoms with Crippen LogP contribution in [0.1, 0.15) is 16.7 Å². The van der Waals surface area contributed by atoms with E-state index in [1.807, 2.05) is 26.0 Å². The number of nitrogens with zero attached hydrogens (tertiary/aromatic N) is 4. The van der Waals surface area contributed by atoms with Crippen molar-refractivity contribution in [3.8, 4) is 11.4 Å². The summed E-state index contributed by atoms with van der Waals surface area (Å²) in [6.45, 7) is 4.03. The molecule has 6 nitrogen and oxygen atoms in total. The molecule has 25 heavy (non-hydrogen) atoms. The van der Waals surface area contributed by atoms with E-state index in [1.165, 1.54) is 23.4 Å². The highest BCUT2D eigenvalue weighted by Crippen LogP contribution is 2.23. The van der Waals surface area contributed by atoms with Crippen LogP contribution in [0.25, 0.3) is 23.2 Å². The zero-order valence-electron chi connectivity index (χ0n) is 13.8. The van der Waals surface area contributed by atoms with Gasteiger partial charge in [-0.2, -0.15) is 0 Å². The Hall–Kier alpha value is -2.99. The molecule has 0 radical (unpaired) electrons. The Balaban J connectivity index is 2.02. The predicted molar refractivity (Wildman–Crippen MR) is 97.5 cm³/mol. The molecule has 0 fully saturated rings. The lowest BCUT2D eigenvalue weighted by atomic mass is 10.1. The van der Waals surface area contributed by atoms with Gasteiger partial charge in [-0.25, -0.2) is 14.6 Å². The van der Waals surface area contributed by atoms with Gasteiger partial charge in [0.2, 0.25) is 0 Å².